The van der Waals surface area contributed by atoms with Crippen LogP contribution in [0.3, 0.4) is 0 Å². The van der Waals surface area contributed by atoms with Crippen molar-refractivity contribution < 1.29 is 9.59 Å². The monoisotopic (exact) mass is 328 g/mol. The van der Waals surface area contributed by atoms with Gasteiger partial charge in [-0.3, -0.25) is 9.59 Å². The van der Waals surface area contributed by atoms with E-state index in [4.69, 9.17) is 0 Å². The Balaban J connectivity index is 1.72. The van der Waals surface area contributed by atoms with Crippen molar-refractivity contribution >= 4 is 11.8 Å². The van der Waals surface area contributed by atoms with Crippen LogP contribution in [0.25, 0.3) is 0 Å². The Morgan fingerprint density at radius 3 is 2.46 bits per heavy atom. The largest absolute Gasteiger partial charge is 0.341 e. The van der Waals surface area contributed by atoms with Gasteiger partial charge < -0.3 is 9.80 Å². The first-order valence-corrected chi connectivity index (χ1v) is 8.70. The minimum absolute atomic E-state index is 0.0321. The van der Waals surface area contributed by atoms with Gasteiger partial charge in [-0.05, 0) is 50.2 Å². The predicted octanol–water partition coefficient (Wildman–Crippen LogP) is 2.81. The number of nitrogens with zero attached hydrogens (tertiary/aromatic N) is 2. The van der Waals surface area contributed by atoms with Gasteiger partial charge in [-0.1, -0.05) is 36.4 Å². The van der Waals surface area contributed by atoms with E-state index in [2.05, 4.69) is 37.8 Å². The standard InChI is InChI=1S/C20H28N2O2/c1-4-19(23)21(3)15-20(24)22-13-11-18(12-14-22)10-9-17-7-5-16(2)6-8-17/h4-8,18H,1,9-15H2,2-3H3. The lowest BCUT2D eigenvalue weighted by Crippen LogP contribution is -2.44. The number of benzene rings is 1. The summed E-state index contributed by atoms with van der Waals surface area (Å²) >= 11 is 0. The molecule has 0 spiro atoms. The molecule has 130 valence electrons. The zero-order valence-corrected chi connectivity index (χ0v) is 14.8. The lowest BCUT2D eigenvalue weighted by Gasteiger charge is -2.33. The molecule has 1 aromatic rings. The minimum Gasteiger partial charge on any atom is -0.341 e. The van der Waals surface area contributed by atoms with Crippen molar-refractivity contribution in [2.45, 2.75) is 32.6 Å². The fourth-order valence-electron chi connectivity index (χ4n) is 3.13. The Bertz CT molecular complexity index is 572. The molecule has 0 unspecified atom stereocenters. The fraction of sp³-hybridized carbons (Fsp3) is 0.500. The first-order valence-electron chi connectivity index (χ1n) is 8.70. The molecule has 0 radical (unpaired) electrons. The van der Waals surface area contributed by atoms with Gasteiger partial charge in [-0.2, -0.15) is 0 Å². The lowest BCUT2D eigenvalue weighted by molar-refractivity contribution is -0.138. The van der Waals surface area contributed by atoms with Crippen LogP contribution in [0.15, 0.2) is 36.9 Å². The average Bonchev–Trinajstić information content (AvgIpc) is 2.60. The maximum absolute atomic E-state index is 12.2. The van der Waals surface area contributed by atoms with Gasteiger partial charge in [0.1, 0.15) is 0 Å². The number of amides is 2. The lowest BCUT2D eigenvalue weighted by atomic mass is 9.90. The first kappa shape index (κ1) is 18.2. The molecule has 1 fully saturated rings. The number of carbonyl (C=O) groups excluding carboxylic acids is 2. The topological polar surface area (TPSA) is 40.6 Å². The van der Waals surface area contributed by atoms with E-state index in [1.807, 2.05) is 4.90 Å². The highest BCUT2D eigenvalue weighted by atomic mass is 16.2. The molecular weight excluding hydrogens is 300 g/mol. The van der Waals surface area contributed by atoms with E-state index in [9.17, 15) is 9.59 Å². The quantitative estimate of drug-likeness (QED) is 0.754. The Kier molecular flexibility index (Phi) is 6.59. The molecule has 1 aliphatic heterocycles. The summed E-state index contributed by atoms with van der Waals surface area (Å²) in [5, 5.41) is 0. The van der Waals surface area contributed by atoms with Gasteiger partial charge in [-0.15, -0.1) is 0 Å². The first-order chi connectivity index (χ1) is 11.5. The molecular formula is C20H28N2O2. The number of likely N-dealkylation sites (N-methyl/N-ethyl adjacent to an activating group) is 1. The minimum atomic E-state index is -0.212. The smallest absolute Gasteiger partial charge is 0.246 e. The van der Waals surface area contributed by atoms with E-state index < -0.39 is 0 Å². The summed E-state index contributed by atoms with van der Waals surface area (Å²) in [6.45, 7) is 7.29. The van der Waals surface area contributed by atoms with E-state index >= 15 is 0 Å². The van der Waals surface area contributed by atoms with Gasteiger partial charge in [-0.25, -0.2) is 0 Å². The highest BCUT2D eigenvalue weighted by Gasteiger charge is 2.23. The summed E-state index contributed by atoms with van der Waals surface area (Å²) < 4.78 is 0. The second-order valence-electron chi connectivity index (χ2n) is 6.75. The van der Waals surface area contributed by atoms with Crippen LogP contribution in [0.1, 0.15) is 30.4 Å². The Morgan fingerprint density at radius 2 is 1.88 bits per heavy atom. The van der Waals surface area contributed by atoms with E-state index in [-0.39, 0.29) is 18.4 Å². The van der Waals surface area contributed by atoms with E-state index in [0.29, 0.717) is 5.92 Å². The van der Waals surface area contributed by atoms with Gasteiger partial charge in [0.2, 0.25) is 11.8 Å². The van der Waals surface area contributed by atoms with Crippen molar-refractivity contribution in [1.82, 2.24) is 9.80 Å². The van der Waals surface area contributed by atoms with Crippen LogP contribution in [0.4, 0.5) is 0 Å². The van der Waals surface area contributed by atoms with Gasteiger partial charge in [0.15, 0.2) is 0 Å². The third-order valence-electron chi connectivity index (χ3n) is 4.85. The number of hydrogen-bond donors (Lipinski definition) is 0. The molecule has 0 aliphatic carbocycles. The van der Waals surface area contributed by atoms with E-state index in [0.717, 1.165) is 32.4 Å². The Hall–Kier alpha value is -2.10. The zero-order chi connectivity index (χ0) is 17.5. The Morgan fingerprint density at radius 1 is 1.25 bits per heavy atom. The van der Waals surface area contributed by atoms with Crippen molar-refractivity contribution in [3.63, 3.8) is 0 Å². The summed E-state index contributed by atoms with van der Waals surface area (Å²) in [6.07, 6.45) is 5.63. The van der Waals surface area contributed by atoms with Crippen LogP contribution in [0, 0.1) is 12.8 Å². The van der Waals surface area contributed by atoms with Gasteiger partial charge in [0.05, 0.1) is 6.54 Å². The summed E-state index contributed by atoms with van der Waals surface area (Å²) in [7, 11) is 1.64. The molecule has 4 nitrogen and oxygen atoms in total. The third-order valence-corrected chi connectivity index (χ3v) is 4.85. The second-order valence-corrected chi connectivity index (χ2v) is 6.75. The maximum Gasteiger partial charge on any atom is 0.246 e. The zero-order valence-electron chi connectivity index (χ0n) is 14.8. The van der Waals surface area contributed by atoms with Crippen LogP contribution < -0.4 is 0 Å². The van der Waals surface area contributed by atoms with Crippen LogP contribution in [0.5, 0.6) is 0 Å². The number of aryl methyl sites for hydroxylation is 2. The van der Waals surface area contributed by atoms with Gasteiger partial charge in [0, 0.05) is 20.1 Å². The average molecular weight is 328 g/mol. The highest BCUT2D eigenvalue weighted by Crippen LogP contribution is 2.22. The molecule has 4 heteroatoms. The molecule has 0 atom stereocenters. The van der Waals surface area contributed by atoms with Gasteiger partial charge in [0.25, 0.3) is 0 Å². The molecule has 1 aliphatic rings. The predicted molar refractivity (Wildman–Crippen MR) is 96.6 cm³/mol. The van der Waals surface area contributed by atoms with Crippen LogP contribution in [0.2, 0.25) is 0 Å². The summed E-state index contributed by atoms with van der Waals surface area (Å²) in [6, 6.07) is 8.75. The van der Waals surface area contributed by atoms with Crippen LogP contribution >= 0.6 is 0 Å². The molecule has 1 saturated heterocycles. The maximum atomic E-state index is 12.2. The van der Waals surface area contributed by atoms with Gasteiger partial charge >= 0.3 is 0 Å². The second kappa shape index (κ2) is 8.67. The fourth-order valence-corrected chi connectivity index (χ4v) is 3.13. The van der Waals surface area contributed by atoms with Crippen molar-refractivity contribution in [1.29, 1.82) is 0 Å². The number of hydrogen-bond acceptors (Lipinski definition) is 2. The number of piperidine rings is 1. The summed E-state index contributed by atoms with van der Waals surface area (Å²) in [5.41, 5.74) is 2.69. The molecule has 0 saturated carbocycles. The number of likely N-dealkylation sites (tertiary alicyclic amines) is 1. The van der Waals surface area contributed by atoms with Crippen LogP contribution in [-0.2, 0) is 16.0 Å². The van der Waals surface area contributed by atoms with Crippen LogP contribution in [-0.4, -0.2) is 48.3 Å². The molecule has 0 N–H and O–H groups in total. The molecule has 2 amide bonds. The SMILES string of the molecule is C=CC(=O)N(C)CC(=O)N1CCC(CCc2ccc(C)cc2)CC1. The number of rotatable bonds is 6. The highest BCUT2D eigenvalue weighted by molar-refractivity contribution is 5.90. The summed E-state index contributed by atoms with van der Waals surface area (Å²) in [4.78, 5) is 27.0. The van der Waals surface area contributed by atoms with E-state index in [1.165, 1.54) is 28.5 Å². The van der Waals surface area contributed by atoms with Crippen molar-refractivity contribution in [3.05, 3.63) is 48.0 Å². The Labute approximate surface area is 145 Å². The molecule has 0 bridgehead atoms. The van der Waals surface area contributed by atoms with Crippen molar-refractivity contribution in [2.24, 2.45) is 5.92 Å². The number of carbonyl (C=O) groups is 2. The van der Waals surface area contributed by atoms with Crippen molar-refractivity contribution in [3.8, 4) is 0 Å². The molecule has 0 aromatic heterocycles. The molecule has 24 heavy (non-hydrogen) atoms. The molecule has 1 heterocycles. The van der Waals surface area contributed by atoms with Crippen molar-refractivity contribution in [2.75, 3.05) is 26.7 Å². The normalized spacial score (nSPS) is 15.2. The molecule has 1 aromatic carbocycles. The molecule has 2 rings (SSSR count). The van der Waals surface area contributed by atoms with E-state index in [1.54, 1.807) is 7.05 Å². The third kappa shape index (κ3) is 5.22. The summed E-state index contributed by atoms with van der Waals surface area (Å²) in [5.74, 6) is 0.504.